The molecular weight excluding hydrogens is 669 g/mol. The van der Waals surface area contributed by atoms with Crippen molar-refractivity contribution in [1.29, 1.82) is 0 Å². The molecule has 0 N–H and O–H groups in total. The van der Waals surface area contributed by atoms with Gasteiger partial charge in [-0.3, -0.25) is 9.59 Å². The van der Waals surface area contributed by atoms with Crippen LogP contribution in [-0.2, 0) is 48.6 Å². The minimum Gasteiger partial charge on any atom is -0.460 e. The maximum Gasteiger partial charge on any atom is 0.512 e. The van der Waals surface area contributed by atoms with E-state index in [1.165, 1.54) is 41.5 Å². The van der Waals surface area contributed by atoms with Gasteiger partial charge < -0.3 is 14.2 Å². The van der Waals surface area contributed by atoms with E-state index in [1.54, 1.807) is 0 Å². The number of nitrogens with zero attached hydrogens (tertiary/aromatic N) is 1. The summed E-state index contributed by atoms with van der Waals surface area (Å²) < 4.78 is 136. The van der Waals surface area contributed by atoms with Gasteiger partial charge in [0, 0.05) is 0 Å². The number of hydrogen-bond acceptors (Lipinski definition) is 10. The lowest BCUT2D eigenvalue weighted by molar-refractivity contribution is -0.184. The Morgan fingerprint density at radius 3 is 1.46 bits per heavy atom. The topological polar surface area (TPSA) is 150 Å². The minimum atomic E-state index is -7.31. The van der Waals surface area contributed by atoms with Crippen molar-refractivity contribution < 1.29 is 67.4 Å². The van der Waals surface area contributed by atoms with E-state index in [4.69, 9.17) is 9.47 Å². The smallest absolute Gasteiger partial charge is 0.460 e. The number of hydrogen-bond donors (Lipinski definition) is 0. The first kappa shape index (κ1) is 40.1. The second-order valence-corrected chi connectivity index (χ2v) is 18.4. The molecule has 18 heteroatoms. The number of carbonyl (C=O) groups excluding carboxylic acids is 3. The maximum atomic E-state index is 15.4. The fourth-order valence-electron chi connectivity index (χ4n) is 5.77. The molecular formula is C28H44F5NO10S2. The van der Waals surface area contributed by atoms with Gasteiger partial charge in [-0.25, -0.2) is 21.6 Å². The molecule has 0 aromatic rings. The summed E-state index contributed by atoms with van der Waals surface area (Å²) in [4.78, 5) is 38.8. The summed E-state index contributed by atoms with van der Waals surface area (Å²) in [5, 5.41) is -5.90. The highest BCUT2D eigenvalue weighted by Gasteiger charge is 2.67. The van der Waals surface area contributed by atoms with Crippen LogP contribution in [0.2, 0.25) is 0 Å². The molecule has 0 amide bonds. The molecule has 0 spiro atoms. The lowest BCUT2D eigenvalue weighted by Gasteiger charge is -2.42. The molecule has 11 nitrogen and oxygen atoms in total. The molecule has 2 saturated carbocycles. The van der Waals surface area contributed by atoms with Gasteiger partial charge in [-0.1, -0.05) is 17.1 Å². The van der Waals surface area contributed by atoms with E-state index in [0.717, 1.165) is 25.7 Å². The third-order valence-corrected chi connectivity index (χ3v) is 11.8. The van der Waals surface area contributed by atoms with Crippen molar-refractivity contribution in [1.82, 2.24) is 3.71 Å². The highest BCUT2D eigenvalue weighted by atomic mass is 32.3. The van der Waals surface area contributed by atoms with E-state index in [9.17, 15) is 44.4 Å². The van der Waals surface area contributed by atoms with Crippen LogP contribution in [-0.4, -0.2) is 73.6 Å². The van der Waals surface area contributed by atoms with E-state index in [1.807, 2.05) is 0 Å². The van der Waals surface area contributed by atoms with Gasteiger partial charge in [-0.2, -0.15) is 22.0 Å². The second-order valence-electron chi connectivity index (χ2n) is 14.4. The van der Waals surface area contributed by atoms with Gasteiger partial charge in [-0.15, -0.1) is 0 Å². The van der Waals surface area contributed by atoms with E-state index >= 15 is 8.78 Å². The minimum absolute atomic E-state index is 0.233. The first-order valence-electron chi connectivity index (χ1n) is 14.8. The van der Waals surface area contributed by atoms with Crippen LogP contribution in [0.15, 0.2) is 0 Å². The van der Waals surface area contributed by atoms with E-state index in [0.29, 0.717) is 25.7 Å². The van der Waals surface area contributed by atoms with Crippen molar-refractivity contribution in [2.24, 2.45) is 29.1 Å². The number of alkyl halides is 5. The molecule has 0 aromatic heterocycles. The van der Waals surface area contributed by atoms with Gasteiger partial charge in [0.2, 0.25) is 0 Å². The molecule has 2 aliphatic carbocycles. The summed E-state index contributed by atoms with van der Waals surface area (Å²) in [6.07, 6.45) is 4.65. The average Bonchev–Trinajstić information content (AvgIpc) is 2.86. The molecule has 2 atom stereocenters. The molecule has 0 heterocycles. The van der Waals surface area contributed by atoms with E-state index in [-0.39, 0.29) is 11.8 Å². The Morgan fingerprint density at radius 2 is 1.09 bits per heavy atom. The summed E-state index contributed by atoms with van der Waals surface area (Å²) in [5.74, 6) is -5.85. The SMILES string of the molecule is CCC1CC2CC(COC(=O)C(F)(F)S(=O)(=O)N(CC(C)(C(=O)OC(C)(C)C)C(=O)OC(C)(C)C)S(=O)(=O)C(F)(F)F)CC(C1)C2. The van der Waals surface area contributed by atoms with Crippen LogP contribution in [0.25, 0.3) is 0 Å². The zero-order chi connectivity index (χ0) is 35.9. The predicted molar refractivity (Wildman–Crippen MR) is 154 cm³/mol. The van der Waals surface area contributed by atoms with Crippen LogP contribution >= 0.6 is 0 Å². The summed E-state index contributed by atoms with van der Waals surface area (Å²) in [7, 11) is -14.5. The Bertz CT molecular complexity index is 1330. The number of fused-ring (bicyclic) bond motifs is 2. The summed E-state index contributed by atoms with van der Waals surface area (Å²) in [6.45, 7) is 7.02. The quantitative estimate of drug-likeness (QED) is 0.122. The molecule has 2 fully saturated rings. The van der Waals surface area contributed by atoms with Gasteiger partial charge in [0.15, 0.2) is 5.41 Å². The molecule has 268 valence electrons. The number of halogens is 5. The van der Waals surface area contributed by atoms with Crippen LogP contribution in [0.4, 0.5) is 22.0 Å². The fourth-order valence-corrected chi connectivity index (χ4v) is 8.95. The normalized spacial score (nSPS) is 23.5. The average molecular weight is 714 g/mol. The second kappa shape index (κ2) is 13.4. The maximum absolute atomic E-state index is 15.4. The lowest BCUT2D eigenvalue weighted by Crippen LogP contribution is -2.59. The predicted octanol–water partition coefficient (Wildman–Crippen LogP) is 5.15. The highest BCUT2D eigenvalue weighted by Crippen LogP contribution is 2.46. The Hall–Kier alpha value is -2.08. The number of sulfonamides is 2. The molecule has 2 bridgehead atoms. The van der Waals surface area contributed by atoms with Crippen molar-refractivity contribution in [3.63, 3.8) is 0 Å². The van der Waals surface area contributed by atoms with Gasteiger partial charge in [0.05, 0.1) is 13.2 Å². The van der Waals surface area contributed by atoms with E-state index < -0.39 is 88.1 Å². The summed E-state index contributed by atoms with van der Waals surface area (Å²) in [5.41, 5.74) is -12.8. The summed E-state index contributed by atoms with van der Waals surface area (Å²) >= 11 is 0. The Morgan fingerprint density at radius 1 is 0.674 bits per heavy atom. The number of rotatable bonds is 11. The van der Waals surface area contributed by atoms with Crippen molar-refractivity contribution in [3.8, 4) is 0 Å². The lowest BCUT2D eigenvalue weighted by atomic mass is 9.64. The Labute approximate surface area is 267 Å². The molecule has 2 rings (SSSR count). The zero-order valence-electron chi connectivity index (χ0n) is 27.2. The van der Waals surface area contributed by atoms with Crippen LogP contribution < -0.4 is 0 Å². The van der Waals surface area contributed by atoms with Gasteiger partial charge in [0.1, 0.15) is 11.2 Å². The highest BCUT2D eigenvalue weighted by molar-refractivity contribution is 8.05. The molecule has 0 saturated heterocycles. The fraction of sp³-hybridized carbons (Fsp3) is 0.893. The van der Waals surface area contributed by atoms with E-state index in [2.05, 4.69) is 11.7 Å². The van der Waals surface area contributed by atoms with Gasteiger partial charge >= 0.3 is 48.7 Å². The van der Waals surface area contributed by atoms with Crippen molar-refractivity contribution in [2.45, 2.75) is 116 Å². The molecule has 0 aliphatic heterocycles. The van der Waals surface area contributed by atoms with Crippen molar-refractivity contribution >= 4 is 38.0 Å². The standard InChI is InChI=1S/C28H44F5NO10S2/c1-9-17-10-18-12-19(11-17)14-20(13-18)15-42-23(37)27(29,30)45(38,39)34(46(40,41)28(31,32)33)16-26(8,21(35)43-24(2,3)4)22(36)44-25(5,6)7/h17-20H,9-16H2,1-8H3. The van der Waals surface area contributed by atoms with Crippen LogP contribution in [0.5, 0.6) is 0 Å². The van der Waals surface area contributed by atoms with Crippen LogP contribution in [0.3, 0.4) is 0 Å². The zero-order valence-corrected chi connectivity index (χ0v) is 28.8. The first-order chi connectivity index (χ1) is 20.5. The van der Waals surface area contributed by atoms with Crippen LogP contribution in [0, 0.1) is 29.1 Å². The summed E-state index contributed by atoms with van der Waals surface area (Å²) in [6, 6.07) is 0. The third kappa shape index (κ3) is 9.08. The first-order valence-corrected chi connectivity index (χ1v) is 17.7. The van der Waals surface area contributed by atoms with Gasteiger partial charge in [-0.05, 0) is 104 Å². The Kier molecular flexibility index (Phi) is 11.7. The molecule has 0 aromatic carbocycles. The molecule has 2 unspecified atom stereocenters. The van der Waals surface area contributed by atoms with Crippen molar-refractivity contribution in [2.75, 3.05) is 13.2 Å². The largest absolute Gasteiger partial charge is 0.512 e. The third-order valence-electron chi connectivity index (χ3n) is 7.90. The van der Waals surface area contributed by atoms with Crippen molar-refractivity contribution in [3.05, 3.63) is 0 Å². The molecule has 2 aliphatic rings. The number of ether oxygens (including phenoxy) is 3. The van der Waals surface area contributed by atoms with Crippen LogP contribution in [0.1, 0.15) is 93.9 Å². The monoisotopic (exact) mass is 713 g/mol. The number of esters is 3. The number of carbonyl (C=O) groups is 3. The molecule has 0 radical (unpaired) electrons. The van der Waals surface area contributed by atoms with Gasteiger partial charge in [0.25, 0.3) is 0 Å². The Balaban J connectivity index is 2.51. The molecule has 46 heavy (non-hydrogen) atoms.